The van der Waals surface area contributed by atoms with Crippen molar-refractivity contribution < 1.29 is 14.3 Å². The highest BCUT2D eigenvalue weighted by Gasteiger charge is 2.15. The lowest BCUT2D eigenvalue weighted by Crippen LogP contribution is -2.38. The van der Waals surface area contributed by atoms with Crippen LogP contribution in [0.2, 0.25) is 10.0 Å². The molecule has 138 valence electrons. The minimum Gasteiger partial charge on any atom is -0.497 e. The first kappa shape index (κ1) is 20.1. The summed E-state index contributed by atoms with van der Waals surface area (Å²) in [6.45, 7) is 2.04. The van der Waals surface area contributed by atoms with Gasteiger partial charge < -0.3 is 15.0 Å². The number of methoxy groups -OCH3 is 1. The van der Waals surface area contributed by atoms with Gasteiger partial charge in [-0.2, -0.15) is 0 Å². The fourth-order valence-electron chi connectivity index (χ4n) is 2.44. The van der Waals surface area contributed by atoms with E-state index in [4.69, 9.17) is 27.9 Å². The molecule has 2 amide bonds. The number of carbonyl (C=O) groups is 2. The van der Waals surface area contributed by atoms with Crippen molar-refractivity contribution in [3.63, 3.8) is 0 Å². The standard InChI is InChI=1S/C19H20Cl2N2O3/c1-13(24)23(18-12-15(20)5-8-17(18)21)10-9-22-19(25)11-14-3-6-16(26-2)7-4-14/h3-8,12H,9-11H2,1-2H3,(H,22,25). The smallest absolute Gasteiger partial charge is 0.224 e. The summed E-state index contributed by atoms with van der Waals surface area (Å²) < 4.78 is 5.09. The zero-order valence-corrected chi connectivity index (χ0v) is 16.1. The Labute approximate surface area is 162 Å². The van der Waals surface area contributed by atoms with E-state index in [1.807, 2.05) is 12.1 Å². The number of hydrogen-bond acceptors (Lipinski definition) is 3. The molecule has 0 aliphatic carbocycles. The molecule has 1 N–H and O–H groups in total. The van der Waals surface area contributed by atoms with Gasteiger partial charge in [0.1, 0.15) is 5.75 Å². The van der Waals surface area contributed by atoms with Crippen LogP contribution in [0.1, 0.15) is 12.5 Å². The first-order valence-corrected chi connectivity index (χ1v) is 8.79. The molecule has 5 nitrogen and oxygen atoms in total. The Morgan fingerprint density at radius 1 is 1.12 bits per heavy atom. The number of nitrogens with zero attached hydrogens (tertiary/aromatic N) is 1. The Hall–Kier alpha value is -2.24. The van der Waals surface area contributed by atoms with Crippen LogP contribution in [0.5, 0.6) is 5.75 Å². The maximum absolute atomic E-state index is 12.1. The predicted octanol–water partition coefficient (Wildman–Crippen LogP) is 3.71. The summed E-state index contributed by atoms with van der Waals surface area (Å²) in [6, 6.07) is 12.2. The lowest BCUT2D eigenvalue weighted by molar-refractivity contribution is -0.121. The normalized spacial score (nSPS) is 10.3. The molecule has 2 aromatic rings. The van der Waals surface area contributed by atoms with Crippen molar-refractivity contribution in [3.8, 4) is 5.75 Å². The molecule has 2 rings (SSSR count). The summed E-state index contributed by atoms with van der Waals surface area (Å²) in [5.41, 5.74) is 1.40. The van der Waals surface area contributed by atoms with Crippen molar-refractivity contribution in [3.05, 3.63) is 58.1 Å². The third-order valence-corrected chi connectivity index (χ3v) is 4.32. The number of hydrogen-bond donors (Lipinski definition) is 1. The van der Waals surface area contributed by atoms with Crippen molar-refractivity contribution >= 4 is 40.7 Å². The minimum absolute atomic E-state index is 0.129. The van der Waals surface area contributed by atoms with Crippen molar-refractivity contribution in [2.75, 3.05) is 25.1 Å². The topological polar surface area (TPSA) is 58.6 Å². The van der Waals surface area contributed by atoms with Crippen LogP contribution in [0.4, 0.5) is 5.69 Å². The highest BCUT2D eigenvalue weighted by molar-refractivity contribution is 6.35. The molecule has 0 atom stereocenters. The number of ether oxygens (including phenoxy) is 1. The van der Waals surface area contributed by atoms with E-state index < -0.39 is 0 Å². The van der Waals surface area contributed by atoms with Gasteiger partial charge >= 0.3 is 0 Å². The van der Waals surface area contributed by atoms with Crippen LogP contribution in [0.3, 0.4) is 0 Å². The summed E-state index contributed by atoms with van der Waals surface area (Å²) in [5, 5.41) is 3.72. The predicted molar refractivity (Wildman–Crippen MR) is 104 cm³/mol. The Kier molecular flexibility index (Phi) is 7.30. The number of halogens is 2. The van der Waals surface area contributed by atoms with Gasteiger partial charge in [-0.15, -0.1) is 0 Å². The third-order valence-electron chi connectivity index (χ3n) is 3.76. The van der Waals surface area contributed by atoms with E-state index in [1.54, 1.807) is 37.4 Å². The summed E-state index contributed by atoms with van der Waals surface area (Å²) in [5.74, 6) is 0.430. The second-order valence-electron chi connectivity index (χ2n) is 5.64. The van der Waals surface area contributed by atoms with Crippen molar-refractivity contribution in [1.82, 2.24) is 5.32 Å². The van der Waals surface area contributed by atoms with Gasteiger partial charge in [0.2, 0.25) is 11.8 Å². The molecule has 0 aromatic heterocycles. The maximum atomic E-state index is 12.1. The highest BCUT2D eigenvalue weighted by atomic mass is 35.5. The van der Waals surface area contributed by atoms with E-state index in [0.717, 1.165) is 11.3 Å². The maximum Gasteiger partial charge on any atom is 0.224 e. The Morgan fingerprint density at radius 3 is 2.42 bits per heavy atom. The largest absolute Gasteiger partial charge is 0.497 e. The summed E-state index contributed by atoms with van der Waals surface area (Å²) in [7, 11) is 1.59. The average molecular weight is 395 g/mol. The average Bonchev–Trinajstić information content (AvgIpc) is 2.61. The van der Waals surface area contributed by atoms with E-state index in [2.05, 4.69) is 5.32 Å². The summed E-state index contributed by atoms with van der Waals surface area (Å²) in [4.78, 5) is 25.5. The molecule has 0 radical (unpaired) electrons. The van der Waals surface area contributed by atoms with Gasteiger partial charge in [0.25, 0.3) is 0 Å². The Morgan fingerprint density at radius 2 is 1.81 bits per heavy atom. The molecule has 0 bridgehead atoms. The van der Waals surface area contributed by atoms with Gasteiger partial charge in [-0.1, -0.05) is 35.3 Å². The van der Waals surface area contributed by atoms with Gasteiger partial charge in [0, 0.05) is 25.0 Å². The second-order valence-corrected chi connectivity index (χ2v) is 6.48. The van der Waals surface area contributed by atoms with E-state index in [0.29, 0.717) is 28.8 Å². The molecule has 0 unspecified atom stereocenters. The quantitative estimate of drug-likeness (QED) is 0.778. The van der Waals surface area contributed by atoms with Crippen LogP contribution < -0.4 is 15.0 Å². The Bertz CT molecular complexity index is 779. The molecular formula is C19H20Cl2N2O3. The molecule has 0 aliphatic rings. The fourth-order valence-corrected chi connectivity index (χ4v) is 2.82. The molecule has 7 heteroatoms. The van der Waals surface area contributed by atoms with Crippen molar-refractivity contribution in [2.24, 2.45) is 0 Å². The van der Waals surface area contributed by atoms with Crippen LogP contribution in [0.25, 0.3) is 0 Å². The molecule has 26 heavy (non-hydrogen) atoms. The molecule has 0 aliphatic heterocycles. The summed E-state index contributed by atoms with van der Waals surface area (Å²) in [6.07, 6.45) is 0.252. The van der Waals surface area contributed by atoms with E-state index in [-0.39, 0.29) is 18.2 Å². The number of benzene rings is 2. The highest BCUT2D eigenvalue weighted by Crippen LogP contribution is 2.29. The van der Waals surface area contributed by atoms with Crippen LogP contribution in [0.15, 0.2) is 42.5 Å². The summed E-state index contributed by atoms with van der Waals surface area (Å²) >= 11 is 12.1. The molecule has 0 saturated heterocycles. The molecule has 0 saturated carbocycles. The molecule has 0 heterocycles. The van der Waals surface area contributed by atoms with Gasteiger partial charge in [-0.05, 0) is 35.9 Å². The molecule has 0 spiro atoms. The number of anilines is 1. The SMILES string of the molecule is COc1ccc(CC(=O)NCCN(C(C)=O)c2cc(Cl)ccc2Cl)cc1. The minimum atomic E-state index is -0.182. The van der Waals surface area contributed by atoms with Gasteiger partial charge in [-0.25, -0.2) is 0 Å². The van der Waals surface area contributed by atoms with Crippen molar-refractivity contribution in [1.29, 1.82) is 0 Å². The molecule has 0 fully saturated rings. The number of rotatable bonds is 7. The number of amides is 2. The van der Waals surface area contributed by atoms with E-state index in [1.165, 1.54) is 11.8 Å². The van der Waals surface area contributed by atoms with Gasteiger partial charge in [-0.3, -0.25) is 9.59 Å². The number of nitrogens with one attached hydrogen (secondary N) is 1. The zero-order chi connectivity index (χ0) is 19.1. The molecule has 2 aromatic carbocycles. The number of carbonyl (C=O) groups excluding carboxylic acids is 2. The fraction of sp³-hybridized carbons (Fsp3) is 0.263. The first-order chi connectivity index (χ1) is 12.4. The van der Waals surface area contributed by atoms with Crippen LogP contribution in [-0.2, 0) is 16.0 Å². The van der Waals surface area contributed by atoms with Crippen molar-refractivity contribution in [2.45, 2.75) is 13.3 Å². The van der Waals surface area contributed by atoms with Gasteiger partial charge in [0.15, 0.2) is 0 Å². The van der Waals surface area contributed by atoms with E-state index >= 15 is 0 Å². The second kappa shape index (κ2) is 9.46. The van der Waals surface area contributed by atoms with E-state index in [9.17, 15) is 9.59 Å². The van der Waals surface area contributed by atoms with Crippen LogP contribution in [-0.4, -0.2) is 32.0 Å². The van der Waals surface area contributed by atoms with Gasteiger partial charge in [0.05, 0.1) is 24.2 Å². The lowest BCUT2D eigenvalue weighted by Gasteiger charge is -2.22. The Balaban J connectivity index is 1.91. The first-order valence-electron chi connectivity index (χ1n) is 8.03. The third kappa shape index (κ3) is 5.64. The molecular weight excluding hydrogens is 375 g/mol. The monoisotopic (exact) mass is 394 g/mol. The van der Waals surface area contributed by atoms with Crippen LogP contribution in [0, 0.1) is 0 Å². The van der Waals surface area contributed by atoms with Crippen LogP contribution >= 0.6 is 23.2 Å². The lowest BCUT2D eigenvalue weighted by atomic mass is 10.1. The zero-order valence-electron chi connectivity index (χ0n) is 14.6.